The van der Waals surface area contributed by atoms with Gasteiger partial charge in [-0.1, -0.05) is 65.0 Å². The number of carbonyl (C=O) groups excluding carboxylic acids is 1. The Balaban J connectivity index is 1.29. The fraction of sp³-hybridized carbons (Fsp3) is 0.683. The largest absolute Gasteiger partial charge is 0.480 e. The summed E-state index contributed by atoms with van der Waals surface area (Å²) in [6, 6.07) is 7.47. The van der Waals surface area contributed by atoms with E-state index in [1.807, 2.05) is 12.1 Å². The minimum Gasteiger partial charge on any atom is -0.480 e. The Morgan fingerprint density at radius 1 is 0.854 bits per heavy atom. The van der Waals surface area contributed by atoms with Gasteiger partial charge in [-0.2, -0.15) is 0 Å². The smallest absolute Gasteiger partial charge is 0.335 e. The lowest BCUT2D eigenvalue weighted by atomic mass is 9.32. The van der Waals surface area contributed by atoms with Crippen LogP contribution >= 0.6 is 0 Å². The average Bonchev–Trinajstić information content (AvgIpc) is 3.42. The lowest BCUT2D eigenvalue weighted by molar-refractivity contribution is -0.225. The zero-order chi connectivity index (χ0) is 34.9. The number of rotatable bonds is 9. The lowest BCUT2D eigenvalue weighted by Crippen LogP contribution is -2.66. The molecule has 1 amide bonds. The third-order valence-corrected chi connectivity index (χ3v) is 15.4. The predicted octanol–water partition coefficient (Wildman–Crippen LogP) is 7.83. The second kappa shape index (κ2) is 12.1. The molecule has 1 aromatic carbocycles. The number of carboxylic acids is 2. The fourth-order valence-electron chi connectivity index (χ4n) is 13.1. The van der Waals surface area contributed by atoms with Crippen molar-refractivity contribution in [1.29, 1.82) is 0 Å². The topological polar surface area (TPSA) is 116 Å². The molecule has 0 radical (unpaired) electrons. The molecule has 0 aliphatic heterocycles. The quantitative estimate of drug-likeness (QED) is 0.159. The van der Waals surface area contributed by atoms with Crippen LogP contribution in [0.1, 0.15) is 115 Å². The molecule has 48 heavy (non-hydrogen) atoms. The number of hydrogen-bond donors (Lipinski definition) is 4. The van der Waals surface area contributed by atoms with Crippen molar-refractivity contribution in [2.75, 3.05) is 19.6 Å². The molecule has 0 spiro atoms. The van der Waals surface area contributed by atoms with Crippen LogP contribution in [0.3, 0.4) is 0 Å². The monoisotopic (exact) mass is 658 g/mol. The van der Waals surface area contributed by atoms with Crippen LogP contribution in [0.4, 0.5) is 0 Å². The summed E-state index contributed by atoms with van der Waals surface area (Å²) in [6.45, 7) is 20.1. The molecular formula is C41H58N2O5. The van der Waals surface area contributed by atoms with Crippen molar-refractivity contribution in [1.82, 2.24) is 10.6 Å². The lowest BCUT2D eigenvalue weighted by Gasteiger charge is -2.72. The van der Waals surface area contributed by atoms with Gasteiger partial charge in [-0.25, -0.2) is 4.79 Å². The van der Waals surface area contributed by atoms with Crippen LogP contribution in [-0.4, -0.2) is 47.7 Å². The summed E-state index contributed by atoms with van der Waals surface area (Å²) in [7, 11) is 0. The molecule has 7 heteroatoms. The van der Waals surface area contributed by atoms with E-state index >= 15 is 0 Å². The van der Waals surface area contributed by atoms with Crippen LogP contribution in [0.25, 0.3) is 5.57 Å². The van der Waals surface area contributed by atoms with Crippen LogP contribution in [0.15, 0.2) is 42.5 Å². The van der Waals surface area contributed by atoms with Crippen molar-refractivity contribution in [2.45, 2.75) is 99.3 Å². The Morgan fingerprint density at radius 3 is 2.21 bits per heavy atom. The van der Waals surface area contributed by atoms with E-state index in [1.165, 1.54) is 30.4 Å². The van der Waals surface area contributed by atoms with Crippen molar-refractivity contribution in [3.8, 4) is 0 Å². The second-order valence-corrected chi connectivity index (χ2v) is 17.6. The zero-order valence-electron chi connectivity index (χ0n) is 30.1. The maximum Gasteiger partial charge on any atom is 0.335 e. The third kappa shape index (κ3) is 5.12. The maximum absolute atomic E-state index is 14.2. The van der Waals surface area contributed by atoms with Gasteiger partial charge >= 0.3 is 11.9 Å². The van der Waals surface area contributed by atoms with Gasteiger partial charge in [-0.3, -0.25) is 9.59 Å². The van der Waals surface area contributed by atoms with E-state index in [-0.39, 0.29) is 45.4 Å². The van der Waals surface area contributed by atoms with Gasteiger partial charge in [0, 0.05) is 13.1 Å². The molecule has 9 unspecified atom stereocenters. The van der Waals surface area contributed by atoms with Gasteiger partial charge in [0.1, 0.15) is 0 Å². The average molecular weight is 659 g/mol. The SMILES string of the molecule is C=C(C)C1CCC2(C(=O)NCCNCC(=O)O)CCC3(C)C(CCC4C5(C)CC=C(c6ccc(C(=O)O)cc6)C(C)(C)C5CCC43C)C12. The summed E-state index contributed by atoms with van der Waals surface area (Å²) in [4.78, 5) is 36.7. The minimum absolute atomic E-state index is 0.0353. The van der Waals surface area contributed by atoms with Gasteiger partial charge in [0.25, 0.3) is 0 Å². The minimum atomic E-state index is -0.890. The summed E-state index contributed by atoms with van der Waals surface area (Å²) in [5.41, 5.74) is 4.07. The summed E-state index contributed by atoms with van der Waals surface area (Å²) < 4.78 is 0. The number of hydrogen-bond acceptors (Lipinski definition) is 4. The molecule has 7 nitrogen and oxygen atoms in total. The van der Waals surface area contributed by atoms with Gasteiger partial charge < -0.3 is 20.8 Å². The highest BCUT2D eigenvalue weighted by atomic mass is 16.4. The molecular weight excluding hydrogens is 600 g/mol. The molecule has 5 aliphatic rings. The van der Waals surface area contributed by atoms with Gasteiger partial charge in [0.2, 0.25) is 5.91 Å². The van der Waals surface area contributed by atoms with E-state index in [0.717, 1.165) is 44.1 Å². The van der Waals surface area contributed by atoms with E-state index in [9.17, 15) is 19.5 Å². The van der Waals surface area contributed by atoms with Gasteiger partial charge in [-0.15, -0.1) is 0 Å². The number of nitrogens with one attached hydrogen (secondary N) is 2. The Kier molecular flexibility index (Phi) is 8.83. The Labute approximate surface area is 287 Å². The number of fused-ring (bicyclic) bond motifs is 7. The van der Waals surface area contributed by atoms with Crippen molar-refractivity contribution in [3.63, 3.8) is 0 Å². The van der Waals surface area contributed by atoms with Crippen molar-refractivity contribution in [3.05, 3.63) is 53.6 Å². The first-order valence-corrected chi connectivity index (χ1v) is 18.4. The van der Waals surface area contributed by atoms with E-state index in [1.54, 1.807) is 12.1 Å². The van der Waals surface area contributed by atoms with Crippen molar-refractivity contribution >= 4 is 23.4 Å². The first-order chi connectivity index (χ1) is 22.5. The van der Waals surface area contributed by atoms with Crippen molar-refractivity contribution in [2.24, 2.45) is 56.7 Å². The Bertz CT molecular complexity index is 1510. The first kappa shape index (κ1) is 34.9. The van der Waals surface area contributed by atoms with E-state index in [2.05, 4.69) is 64.8 Å². The zero-order valence-corrected chi connectivity index (χ0v) is 30.1. The summed E-state index contributed by atoms with van der Waals surface area (Å²) >= 11 is 0. The molecule has 0 heterocycles. The molecule has 4 N–H and O–H groups in total. The third-order valence-electron chi connectivity index (χ3n) is 15.4. The molecule has 9 atom stereocenters. The predicted molar refractivity (Wildman–Crippen MR) is 189 cm³/mol. The first-order valence-electron chi connectivity index (χ1n) is 18.4. The number of carboxylic acid groups (broad SMARTS) is 2. The van der Waals surface area contributed by atoms with Crippen LogP contribution in [-0.2, 0) is 9.59 Å². The van der Waals surface area contributed by atoms with E-state index < -0.39 is 11.9 Å². The summed E-state index contributed by atoms with van der Waals surface area (Å²) in [5, 5.41) is 24.6. The highest BCUT2D eigenvalue weighted by molar-refractivity contribution is 5.88. The molecule has 5 aliphatic carbocycles. The van der Waals surface area contributed by atoms with E-state index in [0.29, 0.717) is 42.3 Å². The van der Waals surface area contributed by atoms with Gasteiger partial charge in [0.15, 0.2) is 0 Å². The molecule has 262 valence electrons. The molecule has 4 saturated carbocycles. The second-order valence-electron chi connectivity index (χ2n) is 17.6. The summed E-state index contributed by atoms with van der Waals surface area (Å²) in [6.07, 6.45) is 12.1. The normalized spacial score (nSPS) is 39.5. The maximum atomic E-state index is 14.2. The van der Waals surface area contributed by atoms with Crippen LogP contribution in [0.5, 0.6) is 0 Å². The van der Waals surface area contributed by atoms with Crippen LogP contribution < -0.4 is 10.6 Å². The molecule has 0 aromatic heterocycles. The van der Waals surface area contributed by atoms with E-state index in [4.69, 9.17) is 5.11 Å². The number of allylic oxidation sites excluding steroid dienone is 3. The molecule has 0 bridgehead atoms. The fourth-order valence-corrected chi connectivity index (χ4v) is 13.1. The number of aromatic carboxylic acids is 1. The van der Waals surface area contributed by atoms with Crippen LogP contribution in [0, 0.1) is 56.7 Å². The molecule has 0 saturated heterocycles. The highest BCUT2D eigenvalue weighted by Gasteiger charge is 2.71. The molecule has 1 aromatic rings. The summed E-state index contributed by atoms with van der Waals surface area (Å²) in [5.74, 6) is 0.600. The van der Waals surface area contributed by atoms with Crippen LogP contribution in [0.2, 0.25) is 0 Å². The van der Waals surface area contributed by atoms with Gasteiger partial charge in [-0.05, 0) is 139 Å². The highest BCUT2D eigenvalue weighted by Crippen LogP contribution is 2.77. The number of carbonyl (C=O) groups is 3. The molecule has 4 fully saturated rings. The van der Waals surface area contributed by atoms with Crippen molar-refractivity contribution < 1.29 is 24.6 Å². The number of aliphatic carboxylic acids is 1. The number of benzene rings is 1. The standard InChI is InChI=1S/C41H58N2O5/c1-25(2)28-14-19-41(36(48)43-23-22-42-24-33(44)45)21-20-39(6)30(34(28)41)12-13-32-38(5)17-15-29(26-8-10-27(11-9-26)35(46)47)37(3,4)31(38)16-18-40(32,39)7/h8-11,15,28,30-32,34,42H,1,12-14,16-24H2,2-7H3,(H,43,48)(H,44,45)(H,46,47). The Hall–Kier alpha value is -2.93. The van der Waals surface area contributed by atoms with Gasteiger partial charge in [0.05, 0.1) is 17.5 Å². The Morgan fingerprint density at radius 2 is 1.56 bits per heavy atom. The molecule has 6 rings (SSSR count). The number of amides is 1.